The van der Waals surface area contributed by atoms with Crippen LogP contribution in [0.5, 0.6) is 0 Å². The zero-order chi connectivity index (χ0) is 15.1. The van der Waals surface area contributed by atoms with Crippen LogP contribution >= 0.6 is 0 Å². The van der Waals surface area contributed by atoms with Gasteiger partial charge in [0.2, 0.25) is 10.0 Å². The van der Waals surface area contributed by atoms with Crippen molar-refractivity contribution < 1.29 is 26.0 Å². The number of sulfonamides is 1. The van der Waals surface area contributed by atoms with Crippen LogP contribution in [-0.4, -0.2) is 31.5 Å². The van der Waals surface area contributed by atoms with Crippen molar-refractivity contribution in [2.24, 2.45) is 0 Å². The van der Waals surface area contributed by atoms with E-state index in [0.29, 0.717) is 17.1 Å². The van der Waals surface area contributed by atoms with Gasteiger partial charge in [0, 0.05) is 11.7 Å². The summed E-state index contributed by atoms with van der Waals surface area (Å²) >= 11 is 0. The van der Waals surface area contributed by atoms with Crippen molar-refractivity contribution >= 4 is 15.7 Å². The van der Waals surface area contributed by atoms with Gasteiger partial charge in [0.1, 0.15) is 17.3 Å². The van der Waals surface area contributed by atoms with Gasteiger partial charge in [0.25, 0.3) is 0 Å². The van der Waals surface area contributed by atoms with Crippen molar-refractivity contribution in [1.82, 2.24) is 4.31 Å². The first-order valence-electron chi connectivity index (χ1n) is 5.75. The number of halogens is 4. The van der Waals surface area contributed by atoms with Gasteiger partial charge in [-0.05, 0) is 31.0 Å². The van der Waals surface area contributed by atoms with Crippen LogP contribution in [0.1, 0.15) is 12.8 Å². The number of nitrogen functional groups attached to an aromatic ring is 1. The molecule has 1 saturated carbocycles. The van der Waals surface area contributed by atoms with Gasteiger partial charge < -0.3 is 5.73 Å². The molecule has 1 aromatic carbocycles. The van der Waals surface area contributed by atoms with Crippen LogP contribution in [0.4, 0.5) is 23.2 Å². The van der Waals surface area contributed by atoms with E-state index in [4.69, 9.17) is 5.73 Å². The lowest BCUT2D eigenvalue weighted by Crippen LogP contribution is -2.40. The van der Waals surface area contributed by atoms with Gasteiger partial charge in [0.15, 0.2) is 0 Å². The summed E-state index contributed by atoms with van der Waals surface area (Å²) in [5.74, 6) is -1.15. The van der Waals surface area contributed by atoms with E-state index in [1.807, 2.05) is 0 Å². The molecule has 0 aromatic heterocycles. The summed E-state index contributed by atoms with van der Waals surface area (Å²) in [5, 5.41) is 0. The SMILES string of the molecule is Nc1ccc(S(=O)(=O)N(CC(F)(F)F)C2CC2)c(F)c1. The second-order valence-electron chi connectivity index (χ2n) is 4.59. The molecule has 0 amide bonds. The van der Waals surface area contributed by atoms with Crippen molar-refractivity contribution in [3.8, 4) is 0 Å². The first kappa shape index (κ1) is 15.0. The maximum absolute atomic E-state index is 13.7. The number of nitrogens with two attached hydrogens (primary N) is 1. The average Bonchev–Trinajstić information content (AvgIpc) is 3.07. The number of anilines is 1. The Morgan fingerprint density at radius 1 is 1.30 bits per heavy atom. The van der Waals surface area contributed by atoms with E-state index >= 15 is 0 Å². The Morgan fingerprint density at radius 3 is 2.35 bits per heavy atom. The maximum atomic E-state index is 13.7. The van der Waals surface area contributed by atoms with E-state index in [2.05, 4.69) is 0 Å². The summed E-state index contributed by atoms with van der Waals surface area (Å²) in [6.45, 7) is -1.62. The predicted octanol–water partition coefficient (Wildman–Crippen LogP) is 2.12. The molecule has 4 nitrogen and oxygen atoms in total. The molecule has 2 N–H and O–H groups in total. The molecule has 0 radical (unpaired) electrons. The Labute approximate surface area is 113 Å². The molecular weight excluding hydrogens is 300 g/mol. The Bertz CT molecular complexity index is 611. The summed E-state index contributed by atoms with van der Waals surface area (Å²) in [5.41, 5.74) is 5.29. The van der Waals surface area contributed by atoms with Crippen LogP contribution in [0.15, 0.2) is 23.1 Å². The Hall–Kier alpha value is -1.35. The Balaban J connectivity index is 2.40. The molecule has 1 aromatic rings. The van der Waals surface area contributed by atoms with Gasteiger partial charge in [-0.15, -0.1) is 0 Å². The van der Waals surface area contributed by atoms with Crippen LogP contribution in [0.2, 0.25) is 0 Å². The highest BCUT2D eigenvalue weighted by Crippen LogP contribution is 2.35. The van der Waals surface area contributed by atoms with E-state index in [0.717, 1.165) is 18.2 Å². The summed E-state index contributed by atoms with van der Waals surface area (Å²) in [4.78, 5) is -0.789. The predicted molar refractivity (Wildman–Crippen MR) is 63.8 cm³/mol. The monoisotopic (exact) mass is 312 g/mol. The fourth-order valence-electron chi connectivity index (χ4n) is 1.80. The minimum atomic E-state index is -4.68. The molecule has 1 aliphatic rings. The first-order chi connectivity index (χ1) is 9.11. The van der Waals surface area contributed by atoms with E-state index < -0.39 is 39.5 Å². The van der Waals surface area contributed by atoms with Gasteiger partial charge in [-0.3, -0.25) is 0 Å². The lowest BCUT2D eigenvalue weighted by molar-refractivity contribution is -0.137. The summed E-state index contributed by atoms with van der Waals surface area (Å²) in [7, 11) is -4.54. The fourth-order valence-corrected chi connectivity index (χ4v) is 3.52. The minimum Gasteiger partial charge on any atom is -0.399 e. The molecule has 1 fully saturated rings. The molecule has 1 aliphatic carbocycles. The van der Waals surface area contributed by atoms with E-state index in [1.54, 1.807) is 0 Å². The van der Waals surface area contributed by atoms with Crippen molar-refractivity contribution in [2.45, 2.75) is 30.0 Å². The molecule has 20 heavy (non-hydrogen) atoms. The van der Waals surface area contributed by atoms with E-state index in [-0.39, 0.29) is 5.69 Å². The quantitative estimate of drug-likeness (QED) is 0.684. The van der Waals surface area contributed by atoms with Gasteiger partial charge in [-0.25, -0.2) is 12.8 Å². The van der Waals surface area contributed by atoms with Crippen LogP contribution < -0.4 is 5.73 Å². The van der Waals surface area contributed by atoms with Gasteiger partial charge in [-0.2, -0.15) is 17.5 Å². The summed E-state index contributed by atoms with van der Waals surface area (Å²) in [6.07, 6.45) is -4.00. The minimum absolute atomic E-state index is 0.00440. The van der Waals surface area contributed by atoms with E-state index in [9.17, 15) is 26.0 Å². The van der Waals surface area contributed by atoms with Crippen LogP contribution in [0.3, 0.4) is 0 Å². The third kappa shape index (κ3) is 3.21. The van der Waals surface area contributed by atoms with Gasteiger partial charge in [0.05, 0.1) is 0 Å². The average molecular weight is 312 g/mol. The lowest BCUT2D eigenvalue weighted by Gasteiger charge is -2.23. The molecule has 0 spiro atoms. The highest BCUT2D eigenvalue weighted by Gasteiger charge is 2.45. The number of hydrogen-bond donors (Lipinski definition) is 1. The number of benzene rings is 1. The zero-order valence-corrected chi connectivity index (χ0v) is 11.0. The molecule has 112 valence electrons. The number of alkyl halides is 3. The zero-order valence-electron chi connectivity index (χ0n) is 10.2. The van der Waals surface area contributed by atoms with Gasteiger partial charge >= 0.3 is 6.18 Å². The van der Waals surface area contributed by atoms with Crippen molar-refractivity contribution in [3.05, 3.63) is 24.0 Å². The molecule has 0 unspecified atom stereocenters. The van der Waals surface area contributed by atoms with Crippen LogP contribution in [-0.2, 0) is 10.0 Å². The first-order valence-corrected chi connectivity index (χ1v) is 7.19. The molecule has 0 atom stereocenters. The third-order valence-corrected chi connectivity index (χ3v) is 4.76. The molecule has 2 rings (SSSR count). The number of nitrogens with zero attached hydrogens (tertiary/aromatic N) is 1. The fraction of sp³-hybridized carbons (Fsp3) is 0.455. The molecule has 0 bridgehead atoms. The highest BCUT2D eigenvalue weighted by molar-refractivity contribution is 7.89. The molecular formula is C11H12F4N2O2S. The summed E-state index contributed by atoms with van der Waals surface area (Å²) in [6, 6.07) is 2.06. The van der Waals surface area contributed by atoms with Crippen molar-refractivity contribution in [1.29, 1.82) is 0 Å². The standard InChI is InChI=1S/C11H12F4N2O2S/c12-9-5-7(16)1-4-10(9)20(18,19)17(8-2-3-8)6-11(13,14)15/h1,4-5,8H,2-3,6,16H2. The van der Waals surface area contributed by atoms with Gasteiger partial charge in [-0.1, -0.05) is 0 Å². The Kier molecular flexibility index (Phi) is 3.67. The molecule has 9 heteroatoms. The summed E-state index contributed by atoms with van der Waals surface area (Å²) < 4.78 is 75.8. The highest BCUT2D eigenvalue weighted by atomic mass is 32.2. The molecule has 0 aliphatic heterocycles. The van der Waals surface area contributed by atoms with Crippen LogP contribution in [0.25, 0.3) is 0 Å². The largest absolute Gasteiger partial charge is 0.402 e. The maximum Gasteiger partial charge on any atom is 0.402 e. The molecule has 0 saturated heterocycles. The number of hydrogen-bond acceptors (Lipinski definition) is 3. The van der Waals surface area contributed by atoms with E-state index in [1.165, 1.54) is 0 Å². The lowest BCUT2D eigenvalue weighted by atomic mass is 10.3. The third-order valence-electron chi connectivity index (χ3n) is 2.83. The number of rotatable bonds is 4. The topological polar surface area (TPSA) is 63.4 Å². The van der Waals surface area contributed by atoms with Crippen molar-refractivity contribution in [2.75, 3.05) is 12.3 Å². The second kappa shape index (κ2) is 4.88. The molecule has 0 heterocycles. The van der Waals surface area contributed by atoms with Crippen LogP contribution in [0, 0.1) is 5.82 Å². The van der Waals surface area contributed by atoms with Crippen molar-refractivity contribution in [3.63, 3.8) is 0 Å². The smallest absolute Gasteiger partial charge is 0.399 e. The Morgan fingerprint density at radius 2 is 1.90 bits per heavy atom. The normalized spacial score (nSPS) is 16.6. The second-order valence-corrected chi connectivity index (χ2v) is 6.45.